The van der Waals surface area contributed by atoms with Gasteiger partial charge in [0.15, 0.2) is 16.7 Å². The van der Waals surface area contributed by atoms with Crippen molar-refractivity contribution in [1.82, 2.24) is 0 Å². The van der Waals surface area contributed by atoms with Gasteiger partial charge in [0.25, 0.3) is 0 Å². The van der Waals surface area contributed by atoms with Crippen LogP contribution >= 0.6 is 11.8 Å². The molecule has 0 aromatic heterocycles. The zero-order valence-electron chi connectivity index (χ0n) is 9.77. The fourth-order valence-corrected chi connectivity index (χ4v) is 2.05. The molecule has 0 saturated carbocycles. The molecule has 0 radical (unpaired) electrons. The smallest absolute Gasteiger partial charge is 0.185 e. The monoisotopic (exact) mass is 276 g/mol. The summed E-state index contributed by atoms with van der Waals surface area (Å²) in [5, 5.41) is 19.3. The summed E-state index contributed by atoms with van der Waals surface area (Å²) < 4.78 is 25.6. The first-order valence-electron chi connectivity index (χ1n) is 5.36. The van der Waals surface area contributed by atoms with Gasteiger partial charge in [-0.05, 0) is 24.1 Å². The predicted molar refractivity (Wildman–Crippen MR) is 65.1 cm³/mol. The van der Waals surface area contributed by atoms with Gasteiger partial charge in [-0.2, -0.15) is 0 Å². The van der Waals surface area contributed by atoms with Crippen molar-refractivity contribution in [2.75, 3.05) is 5.75 Å². The zero-order valence-corrected chi connectivity index (χ0v) is 10.6. The molecule has 0 aliphatic carbocycles. The Labute approximate surface area is 108 Å². The van der Waals surface area contributed by atoms with Gasteiger partial charge >= 0.3 is 0 Å². The molecule has 0 spiro atoms. The number of rotatable bonds is 5. The quantitative estimate of drug-likeness (QED) is 0.864. The van der Waals surface area contributed by atoms with Crippen molar-refractivity contribution in [2.24, 2.45) is 0 Å². The van der Waals surface area contributed by atoms with Crippen molar-refractivity contribution in [3.63, 3.8) is 0 Å². The molecule has 2 unspecified atom stereocenters. The summed E-state index contributed by atoms with van der Waals surface area (Å²) in [5.41, 5.74) is 0.106. The lowest BCUT2D eigenvalue weighted by molar-refractivity contribution is -0.109. The van der Waals surface area contributed by atoms with Gasteiger partial charge in [0.2, 0.25) is 0 Å². The first kappa shape index (κ1) is 15.1. The Morgan fingerprint density at radius 3 is 2.56 bits per heavy atom. The summed E-state index contributed by atoms with van der Waals surface area (Å²) in [6.45, 7) is 1.41. The maximum Gasteiger partial charge on any atom is 0.185 e. The number of benzene rings is 1. The second-order valence-electron chi connectivity index (χ2n) is 3.81. The molecular weight excluding hydrogens is 262 g/mol. The van der Waals surface area contributed by atoms with Crippen LogP contribution in [0.1, 0.15) is 25.0 Å². The molecule has 0 bridgehead atoms. The van der Waals surface area contributed by atoms with Gasteiger partial charge in [0.05, 0.1) is 6.10 Å². The number of carbonyl (C=O) groups is 1. The van der Waals surface area contributed by atoms with Gasteiger partial charge < -0.3 is 10.2 Å². The van der Waals surface area contributed by atoms with Gasteiger partial charge in [0, 0.05) is 12.7 Å². The van der Waals surface area contributed by atoms with Gasteiger partial charge in [-0.3, -0.25) is 4.79 Å². The molecule has 100 valence electrons. The lowest BCUT2D eigenvalue weighted by atomic mass is 10.0. The van der Waals surface area contributed by atoms with Crippen LogP contribution in [0.25, 0.3) is 0 Å². The van der Waals surface area contributed by atoms with Crippen LogP contribution in [0.3, 0.4) is 0 Å². The topological polar surface area (TPSA) is 57.5 Å². The molecule has 1 aromatic carbocycles. The summed E-state index contributed by atoms with van der Waals surface area (Å²) in [4.78, 5) is 10.7. The molecule has 2 atom stereocenters. The van der Waals surface area contributed by atoms with E-state index >= 15 is 0 Å². The van der Waals surface area contributed by atoms with E-state index in [9.17, 15) is 23.8 Å². The van der Waals surface area contributed by atoms with Gasteiger partial charge in [-0.25, -0.2) is 8.78 Å². The third kappa shape index (κ3) is 4.36. The maximum absolute atomic E-state index is 12.9. The van der Waals surface area contributed by atoms with Crippen molar-refractivity contribution in [1.29, 1.82) is 0 Å². The third-order valence-corrected chi connectivity index (χ3v) is 3.21. The molecule has 1 rings (SSSR count). The summed E-state index contributed by atoms with van der Waals surface area (Å²) in [5.74, 6) is -1.72. The largest absolute Gasteiger partial charge is 0.390 e. The highest BCUT2D eigenvalue weighted by molar-refractivity contribution is 8.13. The van der Waals surface area contributed by atoms with Crippen molar-refractivity contribution in [3.05, 3.63) is 35.4 Å². The Kier molecular flexibility index (Phi) is 5.71. The molecule has 1 aromatic rings. The molecule has 0 heterocycles. The van der Waals surface area contributed by atoms with Gasteiger partial charge in [0.1, 0.15) is 6.10 Å². The first-order valence-corrected chi connectivity index (χ1v) is 6.35. The molecule has 18 heavy (non-hydrogen) atoms. The van der Waals surface area contributed by atoms with E-state index in [4.69, 9.17) is 0 Å². The summed E-state index contributed by atoms with van der Waals surface area (Å²) in [7, 11) is 0. The van der Waals surface area contributed by atoms with Crippen LogP contribution in [0.4, 0.5) is 8.78 Å². The molecule has 0 fully saturated rings. The molecular formula is C12H14F2O3S. The molecule has 0 amide bonds. The highest BCUT2D eigenvalue weighted by Gasteiger charge is 2.19. The number of hydrogen-bond acceptors (Lipinski definition) is 4. The second kappa shape index (κ2) is 6.82. The maximum atomic E-state index is 12.9. The minimum Gasteiger partial charge on any atom is -0.390 e. The third-order valence-electron chi connectivity index (χ3n) is 2.37. The van der Waals surface area contributed by atoms with Crippen LogP contribution in [-0.4, -0.2) is 27.2 Å². The van der Waals surface area contributed by atoms with Crippen molar-refractivity contribution >= 4 is 16.9 Å². The van der Waals surface area contributed by atoms with Gasteiger partial charge in [-0.15, -0.1) is 0 Å². The van der Waals surface area contributed by atoms with E-state index in [1.165, 1.54) is 13.0 Å². The minimum absolute atomic E-state index is 0.0792. The number of aliphatic hydroxyl groups excluding tert-OH is 2. The number of halogens is 2. The lowest BCUT2D eigenvalue weighted by Gasteiger charge is -2.17. The lowest BCUT2D eigenvalue weighted by Crippen LogP contribution is -2.19. The summed E-state index contributed by atoms with van der Waals surface area (Å²) >= 11 is 1.03. The Morgan fingerprint density at radius 2 is 2.00 bits per heavy atom. The van der Waals surface area contributed by atoms with Crippen molar-refractivity contribution < 1.29 is 23.8 Å². The number of hydrogen-bond donors (Lipinski definition) is 2. The van der Waals surface area contributed by atoms with Crippen LogP contribution in [0.2, 0.25) is 0 Å². The fourth-order valence-electron chi connectivity index (χ4n) is 1.40. The minimum atomic E-state index is -1.30. The van der Waals surface area contributed by atoms with Crippen LogP contribution in [0.15, 0.2) is 18.2 Å². The Bertz CT molecular complexity index is 426. The van der Waals surface area contributed by atoms with Crippen LogP contribution < -0.4 is 0 Å². The van der Waals surface area contributed by atoms with E-state index in [1.54, 1.807) is 0 Å². The molecule has 3 nitrogen and oxygen atoms in total. The van der Waals surface area contributed by atoms with Crippen molar-refractivity contribution in [2.45, 2.75) is 25.6 Å². The fraction of sp³-hybridized carbons (Fsp3) is 0.417. The predicted octanol–water partition coefficient (Wildman–Crippen LogP) is 2.03. The average molecular weight is 276 g/mol. The Balaban J connectivity index is 2.59. The zero-order chi connectivity index (χ0) is 13.7. The van der Waals surface area contributed by atoms with E-state index in [0.29, 0.717) is 5.75 Å². The Morgan fingerprint density at radius 1 is 1.33 bits per heavy atom. The van der Waals surface area contributed by atoms with Crippen LogP contribution in [-0.2, 0) is 4.79 Å². The summed E-state index contributed by atoms with van der Waals surface area (Å²) in [6.07, 6.45) is -2.24. The van der Waals surface area contributed by atoms with E-state index < -0.39 is 23.8 Å². The van der Waals surface area contributed by atoms with Crippen molar-refractivity contribution in [3.8, 4) is 0 Å². The van der Waals surface area contributed by atoms with Gasteiger partial charge in [-0.1, -0.05) is 17.8 Å². The molecule has 0 aliphatic heterocycles. The average Bonchev–Trinajstić information content (AvgIpc) is 2.31. The molecule has 0 saturated heterocycles. The Hall–Kier alpha value is -0.980. The standard InChI is InChI=1S/C12H14F2O3S/c1-7(15)18-5-4-11(16)12(17)8-2-3-9(13)10(14)6-8/h2-3,6,11-12,16-17H,4-5H2,1H3. The number of aliphatic hydroxyl groups is 2. The van der Waals surface area contributed by atoms with Crippen LogP contribution in [0, 0.1) is 11.6 Å². The highest BCUT2D eigenvalue weighted by atomic mass is 32.2. The normalized spacial score (nSPS) is 14.3. The van der Waals surface area contributed by atoms with E-state index in [1.807, 2.05) is 0 Å². The second-order valence-corrected chi connectivity index (χ2v) is 5.09. The molecule has 0 aliphatic rings. The van der Waals surface area contributed by atoms with Crippen LogP contribution in [0.5, 0.6) is 0 Å². The summed E-state index contributed by atoms with van der Waals surface area (Å²) in [6, 6.07) is 2.96. The van der Waals surface area contributed by atoms with E-state index in [0.717, 1.165) is 23.9 Å². The molecule has 6 heteroatoms. The number of carbonyl (C=O) groups excluding carboxylic acids is 1. The SMILES string of the molecule is CC(=O)SCCC(O)C(O)c1ccc(F)c(F)c1. The highest BCUT2D eigenvalue weighted by Crippen LogP contribution is 2.22. The van der Waals surface area contributed by atoms with E-state index in [2.05, 4.69) is 0 Å². The van der Waals surface area contributed by atoms with E-state index in [-0.39, 0.29) is 17.1 Å². The first-order chi connectivity index (χ1) is 8.41. The molecule has 2 N–H and O–H groups in total. The number of thioether (sulfide) groups is 1.